The van der Waals surface area contributed by atoms with Crippen molar-refractivity contribution in [2.75, 3.05) is 23.7 Å². The van der Waals surface area contributed by atoms with Gasteiger partial charge < -0.3 is 20.4 Å². The van der Waals surface area contributed by atoms with Crippen molar-refractivity contribution in [1.29, 1.82) is 0 Å². The molecule has 12 heteroatoms. The summed E-state index contributed by atoms with van der Waals surface area (Å²) >= 11 is 2.86. The summed E-state index contributed by atoms with van der Waals surface area (Å²) in [6.45, 7) is 1.00. The van der Waals surface area contributed by atoms with Gasteiger partial charge in [-0.05, 0) is 110 Å². The summed E-state index contributed by atoms with van der Waals surface area (Å²) in [6, 6.07) is 40.5. The second-order valence-corrected chi connectivity index (χ2v) is 16.5. The molecule has 4 aromatic carbocycles. The molecule has 0 bridgehead atoms. The molecule has 2 atom stereocenters. The number of likely N-dealkylation sites (tertiary alicyclic amines) is 2. The van der Waals surface area contributed by atoms with Crippen molar-refractivity contribution in [2.24, 2.45) is 0 Å². The Bertz CT molecular complexity index is 2330. The number of benzene rings is 4. The monoisotopic (exact) mass is 830 g/mol. The Hall–Kier alpha value is -6.50. The molecular formula is C48H42N6O4S2. The number of nitrogens with one attached hydrogen (secondary N) is 2. The van der Waals surface area contributed by atoms with Gasteiger partial charge in [-0.15, -0.1) is 0 Å². The van der Waals surface area contributed by atoms with Crippen molar-refractivity contribution in [2.45, 2.75) is 57.6 Å². The second kappa shape index (κ2) is 19.0. The van der Waals surface area contributed by atoms with Crippen molar-refractivity contribution in [3.63, 3.8) is 0 Å². The predicted molar refractivity (Wildman–Crippen MR) is 237 cm³/mol. The highest BCUT2D eigenvalue weighted by atomic mass is 32.2. The number of nitrogens with zero attached hydrogens (tertiary/aromatic N) is 4. The predicted octanol–water partition coefficient (Wildman–Crippen LogP) is 9.44. The number of rotatable bonds is 12. The largest absolute Gasteiger partial charge is 0.327 e. The van der Waals surface area contributed by atoms with Crippen LogP contribution in [0.25, 0.3) is 12.2 Å². The molecule has 8 rings (SSSR count). The topological polar surface area (TPSA) is 125 Å². The van der Waals surface area contributed by atoms with Gasteiger partial charge in [-0.25, -0.2) is 9.97 Å². The van der Waals surface area contributed by atoms with Crippen LogP contribution >= 0.6 is 23.5 Å². The smallest absolute Gasteiger partial charge is 0.257 e. The van der Waals surface area contributed by atoms with Crippen LogP contribution < -0.4 is 10.6 Å². The minimum Gasteiger partial charge on any atom is -0.327 e. The number of amides is 4. The summed E-state index contributed by atoms with van der Waals surface area (Å²) in [4.78, 5) is 68.7. The third-order valence-corrected chi connectivity index (χ3v) is 12.4. The lowest BCUT2D eigenvalue weighted by Gasteiger charge is -2.24. The van der Waals surface area contributed by atoms with E-state index in [4.69, 9.17) is 0 Å². The Morgan fingerprint density at radius 3 is 1.32 bits per heavy atom. The molecule has 4 amide bonds. The van der Waals surface area contributed by atoms with Crippen LogP contribution in [0.3, 0.4) is 0 Å². The molecule has 0 spiro atoms. The highest BCUT2D eigenvalue weighted by Crippen LogP contribution is 2.33. The summed E-state index contributed by atoms with van der Waals surface area (Å²) in [7, 11) is 0. The van der Waals surface area contributed by atoms with E-state index in [0.29, 0.717) is 58.5 Å². The summed E-state index contributed by atoms with van der Waals surface area (Å²) < 4.78 is 0. The van der Waals surface area contributed by atoms with Gasteiger partial charge in [-0.3, -0.25) is 19.2 Å². The van der Waals surface area contributed by atoms with E-state index >= 15 is 0 Å². The van der Waals surface area contributed by atoms with Gasteiger partial charge in [-0.2, -0.15) is 0 Å². The minimum atomic E-state index is -0.580. The molecule has 6 aromatic rings. The molecule has 300 valence electrons. The number of anilines is 2. The third kappa shape index (κ3) is 9.68. The van der Waals surface area contributed by atoms with E-state index in [1.807, 2.05) is 121 Å². The molecule has 4 heterocycles. The number of carbonyl (C=O) groups excluding carboxylic acids is 4. The number of carbonyl (C=O) groups is 4. The van der Waals surface area contributed by atoms with Crippen molar-refractivity contribution in [1.82, 2.24) is 19.8 Å². The highest BCUT2D eigenvalue weighted by molar-refractivity contribution is 7.99. The van der Waals surface area contributed by atoms with Gasteiger partial charge in [0.05, 0.1) is 11.1 Å². The number of pyridine rings is 2. The van der Waals surface area contributed by atoms with E-state index in [9.17, 15) is 19.2 Å². The molecule has 0 radical (unpaired) electrons. The SMILES string of the molecule is O=C(Nc1ccc(C=Cc2ccc(NC(=O)[C@@H]3CCCN3C(=O)c3cccnc3Sc3ccccc3)cc2)cc1)[C@@H]1CCCN1C(=O)c1cccnc1Sc1ccccc1. The molecule has 2 aliphatic heterocycles. The summed E-state index contributed by atoms with van der Waals surface area (Å²) in [5.74, 6) is -0.830. The van der Waals surface area contributed by atoms with Crippen molar-refractivity contribution < 1.29 is 19.2 Å². The maximum atomic E-state index is 13.8. The summed E-state index contributed by atoms with van der Waals surface area (Å²) in [6.07, 6.45) is 9.95. The molecule has 0 saturated carbocycles. The average molecular weight is 831 g/mol. The van der Waals surface area contributed by atoms with Crippen LogP contribution in [0.15, 0.2) is 166 Å². The number of aromatic nitrogens is 2. The zero-order valence-electron chi connectivity index (χ0n) is 32.6. The van der Waals surface area contributed by atoms with Gasteiger partial charge in [0.2, 0.25) is 11.8 Å². The van der Waals surface area contributed by atoms with Gasteiger partial charge in [0.25, 0.3) is 11.8 Å². The molecule has 2 aliphatic rings. The Morgan fingerprint density at radius 1 is 0.517 bits per heavy atom. The van der Waals surface area contributed by atoms with Crippen LogP contribution in [0.4, 0.5) is 11.4 Å². The first-order chi connectivity index (χ1) is 29.4. The molecule has 0 unspecified atom stereocenters. The molecule has 10 nitrogen and oxygen atoms in total. The second-order valence-electron chi connectivity index (χ2n) is 14.4. The lowest BCUT2D eigenvalue weighted by molar-refractivity contribution is -0.120. The van der Waals surface area contributed by atoms with Crippen LogP contribution in [-0.4, -0.2) is 68.6 Å². The quantitative estimate of drug-likeness (QED) is 0.117. The Kier molecular flexibility index (Phi) is 12.8. The van der Waals surface area contributed by atoms with Crippen molar-refractivity contribution >= 4 is 70.7 Å². The fourth-order valence-electron chi connectivity index (χ4n) is 7.34. The van der Waals surface area contributed by atoms with E-state index in [0.717, 1.165) is 33.8 Å². The van der Waals surface area contributed by atoms with E-state index < -0.39 is 12.1 Å². The highest BCUT2D eigenvalue weighted by Gasteiger charge is 2.37. The van der Waals surface area contributed by atoms with Crippen LogP contribution in [0.5, 0.6) is 0 Å². The first-order valence-corrected chi connectivity index (χ1v) is 21.5. The van der Waals surface area contributed by atoms with Gasteiger partial charge in [0.1, 0.15) is 22.1 Å². The molecule has 2 N–H and O–H groups in total. The summed E-state index contributed by atoms with van der Waals surface area (Å²) in [5.41, 5.74) is 4.14. The van der Waals surface area contributed by atoms with E-state index in [1.165, 1.54) is 23.5 Å². The molecule has 2 aromatic heterocycles. The Labute approximate surface area is 357 Å². The Balaban J connectivity index is 0.842. The van der Waals surface area contributed by atoms with Crippen molar-refractivity contribution in [3.05, 3.63) is 168 Å². The van der Waals surface area contributed by atoms with Crippen LogP contribution in [-0.2, 0) is 9.59 Å². The van der Waals surface area contributed by atoms with E-state index in [2.05, 4.69) is 20.6 Å². The van der Waals surface area contributed by atoms with Gasteiger partial charge in [-0.1, -0.05) is 96.3 Å². The lowest BCUT2D eigenvalue weighted by Crippen LogP contribution is -2.43. The Morgan fingerprint density at radius 2 is 0.917 bits per heavy atom. The molecular weight excluding hydrogens is 789 g/mol. The molecule has 0 aliphatic carbocycles. The maximum absolute atomic E-state index is 13.8. The fourth-order valence-corrected chi connectivity index (χ4v) is 9.13. The average Bonchev–Trinajstić information content (AvgIpc) is 3.99. The fraction of sp³-hybridized carbons (Fsp3) is 0.167. The van der Waals surface area contributed by atoms with E-state index in [1.54, 1.807) is 46.5 Å². The molecule has 60 heavy (non-hydrogen) atoms. The minimum absolute atomic E-state index is 0.198. The standard InChI is InChI=1S/C48H42N6O4S2/c55-43(41-17-9-31-53(41)47(57)39-15-7-29-49-45(39)59-37-11-3-1-4-12-37)51-35-25-21-33(22-26-35)19-20-34-23-27-36(28-24-34)52-44(56)42-18-10-32-54(42)48(58)40-16-8-30-50-46(40)60-38-13-5-2-6-14-38/h1-8,11-16,19-30,41-42H,9-10,17-18,31-32H2,(H,51,55)(H,52,56)/t41-,42-/m0/s1. The first-order valence-electron chi connectivity index (χ1n) is 19.9. The molecule has 2 fully saturated rings. The van der Waals surface area contributed by atoms with Gasteiger partial charge >= 0.3 is 0 Å². The first kappa shape index (κ1) is 40.3. The van der Waals surface area contributed by atoms with Crippen LogP contribution in [0.1, 0.15) is 57.5 Å². The van der Waals surface area contributed by atoms with Gasteiger partial charge in [0.15, 0.2) is 0 Å². The van der Waals surface area contributed by atoms with Crippen LogP contribution in [0, 0.1) is 0 Å². The third-order valence-electron chi connectivity index (χ3n) is 10.4. The zero-order valence-corrected chi connectivity index (χ0v) is 34.3. The summed E-state index contributed by atoms with van der Waals surface area (Å²) in [5, 5.41) is 7.24. The number of hydrogen-bond donors (Lipinski definition) is 2. The van der Waals surface area contributed by atoms with E-state index in [-0.39, 0.29) is 23.6 Å². The normalized spacial score (nSPS) is 16.2. The van der Waals surface area contributed by atoms with Crippen molar-refractivity contribution in [3.8, 4) is 0 Å². The molecule has 2 saturated heterocycles. The lowest BCUT2D eigenvalue weighted by atomic mass is 10.1. The van der Waals surface area contributed by atoms with Gasteiger partial charge in [0, 0.05) is 46.6 Å². The maximum Gasteiger partial charge on any atom is 0.257 e. The number of hydrogen-bond acceptors (Lipinski definition) is 8. The zero-order chi connectivity index (χ0) is 41.3. The van der Waals surface area contributed by atoms with Crippen LogP contribution in [0.2, 0.25) is 0 Å².